The van der Waals surface area contributed by atoms with Crippen LogP contribution < -0.4 is 4.74 Å². The van der Waals surface area contributed by atoms with Crippen LogP contribution in [0.25, 0.3) is 11.0 Å². The maximum atomic E-state index is 8.61. The van der Waals surface area contributed by atoms with Gasteiger partial charge in [-0.1, -0.05) is 11.6 Å². The Kier molecular flexibility index (Phi) is 14.4. The van der Waals surface area contributed by atoms with Crippen molar-refractivity contribution >= 4 is 23.3 Å². The minimum absolute atomic E-state index is 0.0284. The third kappa shape index (κ3) is 10.6. The Morgan fingerprint density at radius 3 is 2.05 bits per heavy atom. The van der Waals surface area contributed by atoms with E-state index in [1.165, 1.54) is 5.57 Å². The lowest BCUT2D eigenvalue weighted by molar-refractivity contribution is -0.0147. The summed E-state index contributed by atoms with van der Waals surface area (Å²) in [6.07, 6.45) is 2.27. The lowest BCUT2D eigenvalue weighted by Gasteiger charge is -2.26. The number of hydrogen-bond donors (Lipinski definition) is 2. The van der Waals surface area contributed by atoms with Crippen LogP contribution in [0.5, 0.6) is 5.75 Å². The van der Waals surface area contributed by atoms with Gasteiger partial charge in [0.2, 0.25) is 0 Å². The van der Waals surface area contributed by atoms with Gasteiger partial charge in [0.25, 0.3) is 0 Å². The average molecular weight is 568 g/mol. The van der Waals surface area contributed by atoms with Gasteiger partial charge >= 0.3 is 0 Å². The van der Waals surface area contributed by atoms with Crippen molar-refractivity contribution in [3.63, 3.8) is 0 Å². The highest BCUT2D eigenvalue weighted by molar-refractivity contribution is 7.71. The molecule has 0 saturated heterocycles. The first kappa shape index (κ1) is 31.7. The molecule has 0 unspecified atom stereocenters. The first-order valence-electron chi connectivity index (χ1n) is 13.8. The molecule has 2 N–H and O–H groups in total. The van der Waals surface area contributed by atoms with Gasteiger partial charge in [-0.2, -0.15) is 0 Å². The molecule has 0 radical (unpaired) electrons. The third-order valence-electron chi connectivity index (χ3n) is 6.37. The summed E-state index contributed by atoms with van der Waals surface area (Å²) in [5.74, 6) is 0.875. The zero-order valence-corrected chi connectivity index (χ0v) is 24.4. The molecule has 0 fully saturated rings. The Labute approximate surface area is 236 Å². The summed E-state index contributed by atoms with van der Waals surface area (Å²) < 4.78 is 36.3. The summed E-state index contributed by atoms with van der Waals surface area (Å²) in [4.78, 5) is 5.82. The molecule has 39 heavy (non-hydrogen) atoms. The molecular weight excluding hydrogens is 522 g/mol. The number of aromatic nitrogens is 2. The lowest BCUT2D eigenvalue weighted by Crippen LogP contribution is -2.34. The number of allylic oxidation sites excluding steroid dienone is 1. The number of H-pyrrole nitrogens is 1. The van der Waals surface area contributed by atoms with Crippen LogP contribution in [0.1, 0.15) is 26.3 Å². The van der Waals surface area contributed by atoms with Crippen molar-refractivity contribution < 1.29 is 33.5 Å². The number of hydrogen-bond acceptors (Lipinski definition) is 9. The van der Waals surface area contributed by atoms with E-state index >= 15 is 0 Å². The Morgan fingerprint density at radius 2 is 1.49 bits per heavy atom. The minimum atomic E-state index is 0.0284. The smallest absolute Gasteiger partial charge is 0.178 e. The molecule has 0 saturated carbocycles. The van der Waals surface area contributed by atoms with Gasteiger partial charge < -0.3 is 43.1 Å². The van der Waals surface area contributed by atoms with Crippen LogP contribution in [-0.2, 0) is 36.8 Å². The van der Waals surface area contributed by atoms with Crippen molar-refractivity contribution in [1.29, 1.82) is 0 Å². The van der Waals surface area contributed by atoms with E-state index < -0.39 is 0 Å². The number of rotatable bonds is 20. The van der Waals surface area contributed by atoms with E-state index in [4.69, 9.17) is 45.7 Å². The van der Waals surface area contributed by atoms with Crippen molar-refractivity contribution in [2.45, 2.75) is 39.9 Å². The summed E-state index contributed by atoms with van der Waals surface area (Å²) in [6.45, 7) is 14.4. The van der Waals surface area contributed by atoms with Crippen molar-refractivity contribution in [3.05, 3.63) is 34.1 Å². The summed E-state index contributed by atoms with van der Waals surface area (Å²) in [5.41, 5.74) is 4.66. The number of aliphatic hydroxyl groups excluding tert-OH is 1. The summed E-state index contributed by atoms with van der Waals surface area (Å²) in [6, 6.07) is 4.42. The van der Waals surface area contributed by atoms with Crippen LogP contribution in [-0.4, -0.2) is 111 Å². The molecule has 0 amide bonds. The van der Waals surface area contributed by atoms with Crippen LogP contribution >= 0.6 is 12.2 Å². The lowest BCUT2D eigenvalue weighted by atomic mass is 10.1. The number of aromatic amines is 1. The molecule has 1 aromatic carbocycles. The van der Waals surface area contributed by atoms with Gasteiger partial charge in [0.15, 0.2) is 4.77 Å². The summed E-state index contributed by atoms with van der Waals surface area (Å²) >= 11 is 5.64. The molecule has 1 atom stereocenters. The maximum Gasteiger partial charge on any atom is 0.178 e. The second-order valence-electron chi connectivity index (χ2n) is 9.67. The molecule has 220 valence electrons. The van der Waals surface area contributed by atoms with E-state index in [2.05, 4.69) is 41.3 Å². The minimum Gasteiger partial charge on any atom is -0.491 e. The largest absolute Gasteiger partial charge is 0.491 e. The molecule has 0 bridgehead atoms. The molecule has 2 heterocycles. The second kappa shape index (κ2) is 17.8. The number of nitrogens with zero attached hydrogens (tertiary/aromatic N) is 2. The van der Waals surface area contributed by atoms with Gasteiger partial charge in [0, 0.05) is 31.2 Å². The van der Waals surface area contributed by atoms with E-state index in [0.717, 1.165) is 46.8 Å². The fourth-order valence-corrected chi connectivity index (χ4v) is 4.59. The topological polar surface area (TPSA) is 99.6 Å². The fraction of sp³-hybridized carbons (Fsp3) is 0.679. The quantitative estimate of drug-likeness (QED) is 0.142. The van der Waals surface area contributed by atoms with E-state index in [1.807, 2.05) is 12.1 Å². The summed E-state index contributed by atoms with van der Waals surface area (Å²) in [5, 5.41) is 8.61. The van der Waals surface area contributed by atoms with E-state index in [-0.39, 0.29) is 6.61 Å². The van der Waals surface area contributed by atoms with Gasteiger partial charge in [-0.05, 0) is 45.1 Å². The molecule has 1 aromatic heterocycles. The van der Waals surface area contributed by atoms with Gasteiger partial charge in [-0.25, -0.2) is 0 Å². The number of imidazole rings is 1. The van der Waals surface area contributed by atoms with Gasteiger partial charge in [-0.3, -0.25) is 4.90 Å². The predicted octanol–water partition coefficient (Wildman–Crippen LogP) is 3.32. The molecule has 0 aliphatic carbocycles. The number of ether oxygens (including phenoxy) is 6. The average Bonchev–Trinajstić information content (AvgIpc) is 3.14. The summed E-state index contributed by atoms with van der Waals surface area (Å²) in [7, 11) is 0. The molecule has 1 aliphatic heterocycles. The molecule has 3 rings (SSSR count). The molecule has 0 spiro atoms. The monoisotopic (exact) mass is 567 g/mol. The second-order valence-corrected chi connectivity index (χ2v) is 10.1. The Hall–Kier alpha value is -1.83. The first-order chi connectivity index (χ1) is 19.0. The van der Waals surface area contributed by atoms with Crippen LogP contribution in [0, 0.1) is 4.77 Å². The van der Waals surface area contributed by atoms with E-state index in [0.29, 0.717) is 78.7 Å². The molecule has 10 nitrogen and oxygen atoms in total. The van der Waals surface area contributed by atoms with Crippen LogP contribution in [0.2, 0.25) is 0 Å². The van der Waals surface area contributed by atoms with Crippen molar-refractivity contribution in [2.24, 2.45) is 0 Å². The highest BCUT2D eigenvalue weighted by Gasteiger charge is 2.25. The standard InChI is InChI=1S/C28H45N3O7S/c1-22(2)6-7-30-21-24-26(5-4-25-27(24)31(20-23(30)3)28(39)29-25)38-19-18-37-17-16-36-15-14-35-13-12-34-11-10-33-9-8-32/h4-6,23,32H,7-21H2,1-3H3,(H,29,39)/t23-/m0/s1. The van der Waals surface area contributed by atoms with Crippen molar-refractivity contribution in [1.82, 2.24) is 14.5 Å². The van der Waals surface area contributed by atoms with E-state index in [9.17, 15) is 0 Å². The van der Waals surface area contributed by atoms with Gasteiger partial charge in [0.05, 0.1) is 83.7 Å². The molecule has 2 aromatic rings. The third-order valence-corrected chi connectivity index (χ3v) is 6.69. The number of nitrogens with one attached hydrogen (secondary N) is 1. The number of benzene rings is 1. The Morgan fingerprint density at radius 1 is 0.923 bits per heavy atom. The fourth-order valence-electron chi connectivity index (χ4n) is 4.31. The predicted molar refractivity (Wildman–Crippen MR) is 153 cm³/mol. The number of aliphatic hydroxyl groups is 1. The van der Waals surface area contributed by atoms with Crippen LogP contribution in [0.15, 0.2) is 23.8 Å². The van der Waals surface area contributed by atoms with Crippen molar-refractivity contribution in [2.75, 3.05) is 85.8 Å². The molecule has 1 aliphatic rings. The van der Waals surface area contributed by atoms with Crippen LogP contribution in [0.3, 0.4) is 0 Å². The van der Waals surface area contributed by atoms with Gasteiger partial charge in [-0.15, -0.1) is 0 Å². The zero-order chi connectivity index (χ0) is 27.9. The Balaban J connectivity index is 1.33. The first-order valence-corrected chi connectivity index (χ1v) is 14.2. The Bertz CT molecular complexity index is 1070. The molecule has 11 heteroatoms. The van der Waals surface area contributed by atoms with E-state index in [1.54, 1.807) is 0 Å². The normalized spacial score (nSPS) is 15.5. The highest BCUT2D eigenvalue weighted by Crippen LogP contribution is 2.32. The van der Waals surface area contributed by atoms with Gasteiger partial charge in [0.1, 0.15) is 12.4 Å². The van der Waals surface area contributed by atoms with Crippen molar-refractivity contribution in [3.8, 4) is 5.75 Å². The SMILES string of the molecule is CC(C)=CCN1Cc2c(OCCOCCOCCOCCOCCOCCO)ccc3[nH]c(=S)n(c23)C[C@@H]1C. The maximum absolute atomic E-state index is 8.61. The molecular formula is C28H45N3O7S. The highest BCUT2D eigenvalue weighted by atomic mass is 32.1. The van der Waals surface area contributed by atoms with Crippen LogP contribution in [0.4, 0.5) is 0 Å². The zero-order valence-electron chi connectivity index (χ0n) is 23.6.